The van der Waals surface area contributed by atoms with Crippen LogP contribution in [-0.4, -0.2) is 157 Å². The number of rotatable bonds is 12. The first-order valence-electron chi connectivity index (χ1n) is 26.5. The minimum absolute atomic E-state index is 0.000638. The van der Waals surface area contributed by atoms with Gasteiger partial charge in [-0.05, 0) is 106 Å². The maximum absolute atomic E-state index is 13.9. The number of aryl methyl sites for hydroxylation is 2. The molecule has 1 unspecified atom stereocenters. The number of aromatic hydroxyl groups is 2. The maximum Gasteiger partial charge on any atom is 0.410 e. The molecule has 8 heterocycles. The van der Waals surface area contributed by atoms with Crippen molar-refractivity contribution in [2.75, 3.05) is 58.9 Å². The number of phenolic OH excluding ortho intramolecular Hbond substituents is 2. The lowest BCUT2D eigenvalue weighted by Gasteiger charge is -2.39. The van der Waals surface area contributed by atoms with Gasteiger partial charge < -0.3 is 35.0 Å². The lowest BCUT2D eigenvalue weighted by atomic mass is 9.96. The SMILES string of the molecule is CCNC(=O)c1nnc(-c2cc(C(C)C)c(O)cc2O)n1-c1ccc(CN2CCN(C(=O)C3CCCN(C(=O)O[C@@H](C)C(=O)N4CCC(n5c(=O)n(C)c6cnc7ccc(-c8ccc(C)nc8)nc7c65)CC4)C3)CC2)cc1. The number of fused-ring (bicyclic) bond motifs is 3. The van der Waals surface area contributed by atoms with Crippen LogP contribution in [0.25, 0.3) is 50.4 Å². The molecule has 5 aromatic heterocycles. The third-order valence-electron chi connectivity index (χ3n) is 15.3. The van der Waals surface area contributed by atoms with Crippen molar-refractivity contribution in [1.29, 1.82) is 0 Å². The van der Waals surface area contributed by atoms with Gasteiger partial charge in [0, 0.05) is 108 Å². The van der Waals surface area contributed by atoms with Gasteiger partial charge in [-0.25, -0.2) is 14.6 Å². The van der Waals surface area contributed by atoms with Gasteiger partial charge >= 0.3 is 11.8 Å². The molecule has 3 aliphatic rings. The summed E-state index contributed by atoms with van der Waals surface area (Å²) < 4.78 is 10.8. The predicted octanol–water partition coefficient (Wildman–Crippen LogP) is 5.93. The number of pyridine rings is 3. The number of carbonyl (C=O) groups is 4. The normalized spacial score (nSPS) is 17.1. The van der Waals surface area contributed by atoms with Crippen LogP contribution in [0.1, 0.15) is 92.8 Å². The number of imidazole rings is 1. The van der Waals surface area contributed by atoms with E-state index in [1.165, 1.54) is 6.07 Å². The van der Waals surface area contributed by atoms with Gasteiger partial charge in [-0.15, -0.1) is 10.2 Å². The van der Waals surface area contributed by atoms with Crippen molar-refractivity contribution in [2.45, 2.75) is 84.9 Å². The Labute approximate surface area is 445 Å². The van der Waals surface area contributed by atoms with Crippen LogP contribution in [0.2, 0.25) is 0 Å². The molecule has 21 heteroatoms. The summed E-state index contributed by atoms with van der Waals surface area (Å²) in [7, 11) is 1.73. The van der Waals surface area contributed by atoms with Gasteiger partial charge in [0.25, 0.3) is 11.8 Å². The number of ether oxygens (including phenoxy) is 1. The summed E-state index contributed by atoms with van der Waals surface area (Å²) in [5.74, 6) is -1.09. The lowest BCUT2D eigenvalue weighted by molar-refractivity contribution is -0.142. The Balaban J connectivity index is 0.720. The lowest BCUT2D eigenvalue weighted by Crippen LogP contribution is -2.53. The Morgan fingerprint density at radius 3 is 2.27 bits per heavy atom. The van der Waals surface area contributed by atoms with Crippen molar-refractivity contribution in [3.05, 3.63) is 106 Å². The van der Waals surface area contributed by atoms with E-state index < -0.39 is 18.1 Å². The second-order valence-electron chi connectivity index (χ2n) is 20.7. The molecule has 3 saturated heterocycles. The van der Waals surface area contributed by atoms with Gasteiger partial charge in [0.15, 0.2) is 11.9 Å². The molecule has 2 atom stereocenters. The number of piperidine rings is 2. The minimum atomic E-state index is -1.04. The summed E-state index contributed by atoms with van der Waals surface area (Å²) in [6.45, 7) is 13.9. The molecule has 3 aliphatic heterocycles. The number of likely N-dealkylation sites (tertiary alicyclic amines) is 2. The van der Waals surface area contributed by atoms with E-state index in [0.29, 0.717) is 123 Å². The quantitative estimate of drug-likeness (QED) is 0.129. The highest BCUT2D eigenvalue weighted by Gasteiger charge is 2.36. The summed E-state index contributed by atoms with van der Waals surface area (Å²) in [6, 6.07) is 18.1. The fraction of sp³-hybridized carbons (Fsp3) is 0.429. The average Bonchev–Trinajstić information content (AvgIpc) is 4.04. The Bertz CT molecular complexity index is 3430. The fourth-order valence-electron chi connectivity index (χ4n) is 10.9. The Kier molecular flexibility index (Phi) is 14.8. The highest BCUT2D eigenvalue weighted by atomic mass is 16.6. The molecular formula is C56H65N13O8. The first-order chi connectivity index (χ1) is 37.1. The molecule has 7 aromatic rings. The molecule has 3 fully saturated rings. The topological polar surface area (TPSA) is 239 Å². The van der Waals surface area contributed by atoms with E-state index in [9.17, 15) is 34.2 Å². The van der Waals surface area contributed by atoms with E-state index in [4.69, 9.17) is 9.72 Å². The largest absolute Gasteiger partial charge is 0.508 e. The van der Waals surface area contributed by atoms with Crippen LogP contribution >= 0.6 is 0 Å². The molecule has 2 aromatic carbocycles. The Morgan fingerprint density at radius 1 is 0.818 bits per heavy atom. The van der Waals surface area contributed by atoms with Crippen molar-refractivity contribution in [3.63, 3.8) is 0 Å². The van der Waals surface area contributed by atoms with Gasteiger partial charge in [0.1, 0.15) is 17.0 Å². The third-order valence-corrected chi connectivity index (χ3v) is 15.3. The molecule has 0 aliphatic carbocycles. The first-order valence-corrected chi connectivity index (χ1v) is 26.5. The molecule has 0 spiro atoms. The minimum Gasteiger partial charge on any atom is -0.508 e. The number of benzene rings is 2. The van der Waals surface area contributed by atoms with Crippen LogP contribution < -0.4 is 11.0 Å². The molecule has 402 valence electrons. The standard InChI is InChI=1S/C56H65N13O8/c1-7-57-52(72)51-62-61-50(42-27-41(33(2)3)46(70)28-47(42)71)69(51)39-14-11-36(12-15-39)31-64-23-25-66(26-24-64)54(74)38-9-8-20-67(32-38)56(76)77-35(5)53(73)65-21-18-40(19-22-65)68-49-45(63(6)55(68)75)30-59-44-17-16-43(60-48(44)49)37-13-10-34(4)58-29-37/h10-17,27-30,33,35,38,40,70-71H,7-9,18-26,31-32H2,1-6H3,(H,57,72)/t35-,38?/m0/s1. The van der Waals surface area contributed by atoms with Crippen LogP contribution in [-0.2, 0) is 27.9 Å². The van der Waals surface area contributed by atoms with Crippen molar-refractivity contribution in [3.8, 4) is 39.8 Å². The summed E-state index contributed by atoms with van der Waals surface area (Å²) in [5, 5.41) is 32.8. The van der Waals surface area contributed by atoms with Crippen LogP contribution in [0.15, 0.2) is 77.9 Å². The summed E-state index contributed by atoms with van der Waals surface area (Å²) in [6.07, 6.45) is 4.12. The number of carbonyl (C=O) groups excluding carboxylic acids is 4. The van der Waals surface area contributed by atoms with Gasteiger partial charge in [-0.1, -0.05) is 26.0 Å². The van der Waals surface area contributed by atoms with Crippen LogP contribution in [0, 0.1) is 12.8 Å². The molecule has 4 amide bonds. The summed E-state index contributed by atoms with van der Waals surface area (Å²) in [4.78, 5) is 89.8. The summed E-state index contributed by atoms with van der Waals surface area (Å²) >= 11 is 0. The molecule has 21 nitrogen and oxygen atoms in total. The second-order valence-corrected chi connectivity index (χ2v) is 20.7. The number of piperazine rings is 1. The van der Waals surface area contributed by atoms with Crippen LogP contribution in [0.3, 0.4) is 0 Å². The highest BCUT2D eigenvalue weighted by molar-refractivity contribution is 6.00. The number of phenols is 2. The van der Waals surface area contributed by atoms with Crippen molar-refractivity contribution < 1.29 is 34.1 Å². The first kappa shape index (κ1) is 52.3. The molecule has 0 saturated carbocycles. The Hall–Kier alpha value is -8.20. The fourth-order valence-corrected chi connectivity index (χ4v) is 10.9. The summed E-state index contributed by atoms with van der Waals surface area (Å²) in [5.41, 5.74) is 7.52. The molecule has 77 heavy (non-hydrogen) atoms. The molecule has 0 bridgehead atoms. The molecule has 0 radical (unpaired) electrons. The zero-order valence-corrected chi connectivity index (χ0v) is 44.3. The highest BCUT2D eigenvalue weighted by Crippen LogP contribution is 2.39. The van der Waals surface area contributed by atoms with E-state index in [2.05, 4.69) is 30.4 Å². The number of aromatic nitrogens is 8. The van der Waals surface area contributed by atoms with Gasteiger partial charge in [-0.2, -0.15) is 0 Å². The van der Waals surface area contributed by atoms with Crippen LogP contribution in [0.5, 0.6) is 11.5 Å². The number of hydrogen-bond acceptors (Lipinski definition) is 14. The second kappa shape index (κ2) is 21.8. The molecule has 10 rings (SSSR count). The average molecular weight is 1050 g/mol. The number of nitrogens with one attached hydrogen (secondary N) is 1. The molecule has 3 N–H and O–H groups in total. The van der Waals surface area contributed by atoms with Gasteiger partial charge in [0.05, 0.1) is 39.9 Å². The Morgan fingerprint density at radius 2 is 1.57 bits per heavy atom. The number of hydrogen-bond donors (Lipinski definition) is 3. The van der Waals surface area contributed by atoms with Gasteiger partial charge in [0.2, 0.25) is 11.7 Å². The zero-order chi connectivity index (χ0) is 54.2. The third kappa shape index (κ3) is 10.4. The van der Waals surface area contributed by atoms with E-state index in [1.807, 2.05) is 81.1 Å². The van der Waals surface area contributed by atoms with Crippen molar-refractivity contribution in [2.24, 2.45) is 13.0 Å². The van der Waals surface area contributed by atoms with E-state index in [1.54, 1.807) is 55.9 Å². The molecular weight excluding hydrogens is 983 g/mol. The van der Waals surface area contributed by atoms with Crippen molar-refractivity contribution >= 4 is 45.9 Å². The van der Waals surface area contributed by atoms with E-state index in [-0.39, 0.29) is 65.1 Å². The van der Waals surface area contributed by atoms with Crippen molar-refractivity contribution in [1.82, 2.24) is 63.8 Å². The van der Waals surface area contributed by atoms with Crippen LogP contribution in [0.4, 0.5) is 4.79 Å². The predicted molar refractivity (Wildman–Crippen MR) is 287 cm³/mol. The van der Waals surface area contributed by atoms with E-state index in [0.717, 1.165) is 22.5 Å². The van der Waals surface area contributed by atoms with Gasteiger partial charge in [-0.3, -0.25) is 43.0 Å². The number of amides is 4. The number of nitrogens with zero attached hydrogens (tertiary/aromatic N) is 12. The smallest absolute Gasteiger partial charge is 0.410 e. The maximum atomic E-state index is 13.9. The monoisotopic (exact) mass is 1050 g/mol. The zero-order valence-electron chi connectivity index (χ0n) is 44.3. The van der Waals surface area contributed by atoms with E-state index >= 15 is 0 Å².